The van der Waals surface area contributed by atoms with Crippen LogP contribution in [-0.2, 0) is 4.74 Å². The van der Waals surface area contributed by atoms with Crippen molar-refractivity contribution in [3.63, 3.8) is 0 Å². The van der Waals surface area contributed by atoms with E-state index in [4.69, 9.17) is 14.5 Å². The molecule has 5 nitrogen and oxygen atoms in total. The van der Waals surface area contributed by atoms with E-state index in [2.05, 4.69) is 40.3 Å². The summed E-state index contributed by atoms with van der Waals surface area (Å²) >= 11 is 0. The number of H-pyrrole nitrogens is 1. The molecule has 0 atom stereocenters. The van der Waals surface area contributed by atoms with Crippen molar-refractivity contribution in [2.75, 3.05) is 14.2 Å². The fourth-order valence-corrected chi connectivity index (χ4v) is 3.96. The van der Waals surface area contributed by atoms with Crippen LogP contribution in [0.4, 0.5) is 0 Å². The Hall–Kier alpha value is -4.12. The summed E-state index contributed by atoms with van der Waals surface area (Å²) in [5, 5.41) is 0. The van der Waals surface area contributed by atoms with Gasteiger partial charge in [-0.3, -0.25) is 0 Å². The van der Waals surface area contributed by atoms with Gasteiger partial charge in [0.2, 0.25) is 11.8 Å². The number of allylic oxidation sites excluding steroid dienone is 1. The first kappa shape index (κ1) is 19.8. The second kappa shape index (κ2) is 8.55. The summed E-state index contributed by atoms with van der Waals surface area (Å²) in [5.74, 6) is 1.99. The number of rotatable bonds is 6. The molecule has 0 radical (unpaired) electrons. The monoisotopic (exact) mass is 421 g/mol. The second-order valence-corrected chi connectivity index (χ2v) is 7.51. The number of nitrogens with one attached hydrogen (secondary N) is 1. The number of aromatic nitrogens is 2. The summed E-state index contributed by atoms with van der Waals surface area (Å²) in [6.07, 6.45) is 0.714. The number of hydrogen-bond acceptors (Lipinski definition) is 4. The number of methoxy groups -OCH3 is 2. The first-order valence-corrected chi connectivity index (χ1v) is 10.5. The van der Waals surface area contributed by atoms with Crippen molar-refractivity contribution in [1.82, 2.24) is 9.97 Å². The molecule has 0 saturated carbocycles. The molecule has 0 spiro atoms. The highest BCUT2D eigenvalue weighted by atomic mass is 16.5. The average Bonchev–Trinajstić information content (AvgIpc) is 3.50. The Labute approximate surface area is 187 Å². The van der Waals surface area contributed by atoms with E-state index in [0.29, 0.717) is 18.2 Å². The van der Waals surface area contributed by atoms with E-state index < -0.39 is 0 Å². The van der Waals surface area contributed by atoms with E-state index in [9.17, 15) is 0 Å². The number of imidazole rings is 1. The highest BCUT2D eigenvalue weighted by molar-refractivity contribution is 6.09. The molecule has 1 aliphatic rings. The van der Waals surface area contributed by atoms with Crippen molar-refractivity contribution < 1.29 is 9.47 Å². The van der Waals surface area contributed by atoms with Gasteiger partial charge in [0, 0.05) is 23.1 Å². The van der Waals surface area contributed by atoms with Gasteiger partial charge in [0.15, 0.2) is 0 Å². The molecule has 0 saturated heterocycles. The molecular weight excluding hydrogens is 398 g/mol. The van der Waals surface area contributed by atoms with Crippen molar-refractivity contribution in [2.24, 2.45) is 4.99 Å². The Kier molecular flexibility index (Phi) is 5.30. The Morgan fingerprint density at radius 3 is 2.06 bits per heavy atom. The Balaban J connectivity index is 1.50. The molecule has 1 aliphatic heterocycles. The number of ether oxygens (including phenoxy) is 2. The van der Waals surface area contributed by atoms with E-state index in [1.165, 1.54) is 0 Å². The first-order valence-electron chi connectivity index (χ1n) is 10.5. The molecule has 0 fully saturated rings. The zero-order valence-corrected chi connectivity index (χ0v) is 18.0. The molecule has 158 valence electrons. The molecule has 1 N–H and O–H groups in total. The van der Waals surface area contributed by atoms with Gasteiger partial charge in [0.25, 0.3) is 0 Å². The van der Waals surface area contributed by atoms with Crippen LogP contribution in [0.2, 0.25) is 0 Å². The average molecular weight is 422 g/mol. The normalized spacial score (nSPS) is 13.2. The van der Waals surface area contributed by atoms with E-state index in [1.807, 2.05) is 54.6 Å². The topological polar surface area (TPSA) is 59.5 Å². The fourth-order valence-electron chi connectivity index (χ4n) is 3.96. The van der Waals surface area contributed by atoms with Crippen molar-refractivity contribution in [1.29, 1.82) is 0 Å². The first-order chi connectivity index (χ1) is 15.8. The zero-order valence-electron chi connectivity index (χ0n) is 18.0. The molecular formula is C27H23N3O2. The minimum atomic E-state index is 0.564. The molecule has 4 aromatic rings. The maximum atomic E-state index is 5.63. The molecule has 5 rings (SSSR count). The quantitative estimate of drug-likeness (QED) is 0.418. The summed E-state index contributed by atoms with van der Waals surface area (Å²) in [5.41, 5.74) is 7.08. The van der Waals surface area contributed by atoms with Crippen LogP contribution in [-0.4, -0.2) is 29.9 Å². The van der Waals surface area contributed by atoms with Gasteiger partial charge in [-0.15, -0.1) is 0 Å². The predicted molar refractivity (Wildman–Crippen MR) is 128 cm³/mol. The highest BCUT2D eigenvalue weighted by Gasteiger charge is 2.22. The van der Waals surface area contributed by atoms with E-state index in [1.54, 1.807) is 14.2 Å². The van der Waals surface area contributed by atoms with Crippen LogP contribution in [0.25, 0.3) is 28.2 Å². The molecule has 0 aliphatic carbocycles. The summed E-state index contributed by atoms with van der Waals surface area (Å²) < 4.78 is 11.2. The third-order valence-electron chi connectivity index (χ3n) is 5.55. The fraction of sp³-hybridized carbons (Fsp3) is 0.111. The predicted octanol–water partition coefficient (Wildman–Crippen LogP) is 5.96. The standard InChI is InChI=1S/C27H23N3O2/c1-31-26-22(17-23(28-26)18-10-5-3-6-11-18)20-14-9-15-21(16-20)24-27(32-2)30-25(29-24)19-12-7-4-8-13-19/h3-16H,17H2,1-2H3,(H,29,30). The van der Waals surface area contributed by atoms with Gasteiger partial charge in [0.05, 0.1) is 19.9 Å². The van der Waals surface area contributed by atoms with Crippen LogP contribution >= 0.6 is 0 Å². The SMILES string of the molecule is COC1=C(c2cccc(-c3[nH]c(-c4ccccc4)nc3OC)c2)CC(c2ccccc2)=N1. The lowest BCUT2D eigenvalue weighted by molar-refractivity contribution is 0.292. The summed E-state index contributed by atoms with van der Waals surface area (Å²) in [4.78, 5) is 12.8. The molecule has 0 bridgehead atoms. The van der Waals surface area contributed by atoms with E-state index in [-0.39, 0.29) is 0 Å². The lowest BCUT2D eigenvalue weighted by atomic mass is 9.97. The zero-order chi connectivity index (χ0) is 21.9. The largest absolute Gasteiger partial charge is 0.481 e. The van der Waals surface area contributed by atoms with Gasteiger partial charge in [-0.2, -0.15) is 4.98 Å². The smallest absolute Gasteiger partial charge is 0.240 e. The van der Waals surface area contributed by atoms with Gasteiger partial charge < -0.3 is 14.5 Å². The molecule has 1 aromatic heterocycles. The van der Waals surface area contributed by atoms with Crippen molar-refractivity contribution in [3.8, 4) is 28.5 Å². The number of nitrogens with zero attached hydrogens (tertiary/aromatic N) is 2. The van der Waals surface area contributed by atoms with Gasteiger partial charge in [0.1, 0.15) is 11.5 Å². The van der Waals surface area contributed by atoms with Crippen molar-refractivity contribution in [2.45, 2.75) is 6.42 Å². The van der Waals surface area contributed by atoms with Gasteiger partial charge in [-0.25, -0.2) is 4.99 Å². The summed E-state index contributed by atoms with van der Waals surface area (Å²) in [6, 6.07) is 28.5. The van der Waals surface area contributed by atoms with Crippen LogP contribution in [0, 0.1) is 0 Å². The molecule has 5 heteroatoms. The van der Waals surface area contributed by atoms with Crippen LogP contribution < -0.4 is 4.74 Å². The van der Waals surface area contributed by atoms with Crippen LogP contribution in [0.1, 0.15) is 17.5 Å². The third-order valence-corrected chi connectivity index (χ3v) is 5.55. The number of aliphatic imine (C=N–C) groups is 1. The van der Waals surface area contributed by atoms with Gasteiger partial charge in [-0.05, 0) is 17.2 Å². The van der Waals surface area contributed by atoms with E-state index in [0.717, 1.165) is 45.1 Å². The summed E-state index contributed by atoms with van der Waals surface area (Å²) in [6.45, 7) is 0. The van der Waals surface area contributed by atoms with Crippen molar-refractivity contribution in [3.05, 3.63) is 102 Å². The van der Waals surface area contributed by atoms with Crippen molar-refractivity contribution >= 4 is 11.3 Å². The second-order valence-electron chi connectivity index (χ2n) is 7.51. The molecule has 32 heavy (non-hydrogen) atoms. The molecule has 3 aromatic carbocycles. The molecule has 0 amide bonds. The Bertz CT molecular complexity index is 1310. The Morgan fingerprint density at radius 2 is 1.38 bits per heavy atom. The number of hydrogen-bond donors (Lipinski definition) is 1. The Morgan fingerprint density at radius 1 is 0.719 bits per heavy atom. The minimum Gasteiger partial charge on any atom is -0.481 e. The van der Waals surface area contributed by atoms with Gasteiger partial charge >= 0.3 is 0 Å². The maximum absolute atomic E-state index is 5.63. The lowest BCUT2D eigenvalue weighted by Crippen LogP contribution is -1.97. The molecule has 0 unspecified atom stereocenters. The number of aromatic amines is 1. The minimum absolute atomic E-state index is 0.564. The van der Waals surface area contributed by atoms with E-state index >= 15 is 0 Å². The number of benzene rings is 3. The van der Waals surface area contributed by atoms with Gasteiger partial charge in [-0.1, -0.05) is 78.9 Å². The lowest BCUT2D eigenvalue weighted by Gasteiger charge is -2.08. The van der Waals surface area contributed by atoms with Crippen LogP contribution in [0.3, 0.4) is 0 Å². The van der Waals surface area contributed by atoms with Crippen LogP contribution in [0.5, 0.6) is 5.88 Å². The highest BCUT2D eigenvalue weighted by Crippen LogP contribution is 2.36. The molecule has 2 heterocycles. The summed E-state index contributed by atoms with van der Waals surface area (Å²) in [7, 11) is 3.31. The third kappa shape index (κ3) is 3.69. The maximum Gasteiger partial charge on any atom is 0.240 e. The van der Waals surface area contributed by atoms with Crippen LogP contribution in [0.15, 0.2) is 95.8 Å².